The maximum absolute atomic E-state index is 10.7. The highest BCUT2D eigenvalue weighted by Crippen LogP contribution is 2.20. The summed E-state index contributed by atoms with van der Waals surface area (Å²) in [6, 6.07) is 9.60. The average Bonchev–Trinajstić information content (AvgIpc) is 2.39. The molecule has 0 aliphatic rings. The molecular formula is C13H11ClN2O2. The normalized spacial score (nSPS) is 12.1. The molecule has 0 aliphatic heterocycles. The Morgan fingerprint density at radius 3 is 2.39 bits per heavy atom. The Morgan fingerprint density at radius 2 is 1.89 bits per heavy atom. The largest absolute Gasteiger partial charge is 0.480 e. The molecule has 2 rings (SSSR count). The Labute approximate surface area is 109 Å². The summed E-state index contributed by atoms with van der Waals surface area (Å²) >= 11 is 5.80. The van der Waals surface area contributed by atoms with Crippen molar-refractivity contribution < 1.29 is 9.90 Å². The van der Waals surface area contributed by atoms with Gasteiger partial charge < -0.3 is 10.8 Å². The molecule has 0 saturated carbocycles. The second-order valence-electron chi connectivity index (χ2n) is 3.80. The summed E-state index contributed by atoms with van der Waals surface area (Å²) in [6.45, 7) is 0. The summed E-state index contributed by atoms with van der Waals surface area (Å²) in [7, 11) is 0. The molecule has 3 N–H and O–H groups in total. The molecular weight excluding hydrogens is 252 g/mol. The topological polar surface area (TPSA) is 76.2 Å². The zero-order valence-electron chi connectivity index (χ0n) is 9.38. The fourth-order valence-corrected chi connectivity index (χ4v) is 1.65. The van der Waals surface area contributed by atoms with Gasteiger partial charge in [0.25, 0.3) is 0 Å². The van der Waals surface area contributed by atoms with Crippen LogP contribution in [0, 0.1) is 0 Å². The lowest BCUT2D eigenvalue weighted by molar-refractivity contribution is -0.138. The number of carboxylic acid groups (broad SMARTS) is 1. The minimum atomic E-state index is -1.07. The van der Waals surface area contributed by atoms with E-state index in [4.69, 9.17) is 22.4 Å². The van der Waals surface area contributed by atoms with Gasteiger partial charge in [0, 0.05) is 16.8 Å². The van der Waals surface area contributed by atoms with Crippen molar-refractivity contribution in [3.63, 3.8) is 0 Å². The van der Waals surface area contributed by atoms with Crippen LogP contribution in [0.3, 0.4) is 0 Å². The predicted molar refractivity (Wildman–Crippen MR) is 69.2 cm³/mol. The lowest BCUT2D eigenvalue weighted by Crippen LogP contribution is -2.20. The van der Waals surface area contributed by atoms with Crippen LogP contribution >= 0.6 is 11.6 Å². The zero-order chi connectivity index (χ0) is 13.1. The molecule has 0 amide bonds. The van der Waals surface area contributed by atoms with Crippen LogP contribution in [0.15, 0.2) is 42.6 Å². The first-order valence-electron chi connectivity index (χ1n) is 5.28. The van der Waals surface area contributed by atoms with Gasteiger partial charge in [-0.25, -0.2) is 0 Å². The van der Waals surface area contributed by atoms with Crippen molar-refractivity contribution in [1.82, 2.24) is 4.98 Å². The van der Waals surface area contributed by atoms with Crippen LogP contribution in [0.5, 0.6) is 0 Å². The lowest BCUT2D eigenvalue weighted by atomic mass is 10.1. The van der Waals surface area contributed by atoms with Crippen LogP contribution in [0.4, 0.5) is 0 Å². The first kappa shape index (κ1) is 12.5. The van der Waals surface area contributed by atoms with E-state index >= 15 is 0 Å². The Hall–Kier alpha value is -1.91. The van der Waals surface area contributed by atoms with Gasteiger partial charge in [-0.3, -0.25) is 9.78 Å². The van der Waals surface area contributed by atoms with Crippen LogP contribution in [0.1, 0.15) is 11.6 Å². The Morgan fingerprint density at radius 1 is 1.22 bits per heavy atom. The van der Waals surface area contributed by atoms with E-state index in [0.29, 0.717) is 10.6 Å². The highest BCUT2D eigenvalue weighted by atomic mass is 35.5. The number of pyridine rings is 1. The quantitative estimate of drug-likeness (QED) is 0.891. The Bertz CT molecular complexity index is 552. The van der Waals surface area contributed by atoms with E-state index in [-0.39, 0.29) is 0 Å². The maximum Gasteiger partial charge on any atom is 0.325 e. The third-order valence-corrected chi connectivity index (χ3v) is 2.80. The summed E-state index contributed by atoms with van der Waals surface area (Å²) in [5.41, 5.74) is 7.62. The lowest BCUT2D eigenvalue weighted by Gasteiger charge is -2.07. The molecule has 1 atom stereocenters. The van der Waals surface area contributed by atoms with Gasteiger partial charge >= 0.3 is 5.97 Å². The van der Waals surface area contributed by atoms with Crippen LogP contribution in [0.25, 0.3) is 11.3 Å². The van der Waals surface area contributed by atoms with Crippen molar-refractivity contribution >= 4 is 17.6 Å². The third-order valence-electron chi connectivity index (χ3n) is 2.55. The van der Waals surface area contributed by atoms with Crippen LogP contribution < -0.4 is 5.73 Å². The SMILES string of the molecule is N[C@H](C(=O)O)c1ccc(-c2ccc(Cl)cc2)nc1. The fraction of sp³-hybridized carbons (Fsp3) is 0.0769. The van der Waals surface area contributed by atoms with Crippen LogP contribution in [-0.2, 0) is 4.79 Å². The van der Waals surface area contributed by atoms with Gasteiger partial charge in [0.05, 0.1) is 5.69 Å². The molecule has 2 aromatic rings. The summed E-state index contributed by atoms with van der Waals surface area (Å²) in [4.78, 5) is 14.9. The fourth-order valence-electron chi connectivity index (χ4n) is 1.52. The van der Waals surface area contributed by atoms with E-state index in [1.54, 1.807) is 24.3 Å². The average molecular weight is 263 g/mol. The number of rotatable bonds is 3. The van der Waals surface area contributed by atoms with Gasteiger partial charge in [0.1, 0.15) is 6.04 Å². The van der Waals surface area contributed by atoms with Gasteiger partial charge in [-0.15, -0.1) is 0 Å². The smallest absolute Gasteiger partial charge is 0.325 e. The van der Waals surface area contributed by atoms with Crippen molar-refractivity contribution in [2.24, 2.45) is 5.73 Å². The van der Waals surface area contributed by atoms with E-state index in [1.807, 2.05) is 12.1 Å². The number of nitrogens with two attached hydrogens (primary N) is 1. The van der Waals surface area contributed by atoms with E-state index in [9.17, 15) is 4.79 Å². The molecule has 4 nitrogen and oxygen atoms in total. The molecule has 1 heterocycles. The maximum atomic E-state index is 10.7. The standard InChI is InChI=1S/C13H11ClN2O2/c14-10-4-1-8(2-5-10)11-6-3-9(7-16-11)12(15)13(17)18/h1-7,12H,15H2,(H,17,18)/t12-/m0/s1. The zero-order valence-corrected chi connectivity index (χ0v) is 10.1. The molecule has 92 valence electrons. The van der Waals surface area contributed by atoms with Crippen LogP contribution in [-0.4, -0.2) is 16.1 Å². The minimum absolute atomic E-state index is 0.472. The van der Waals surface area contributed by atoms with Gasteiger partial charge in [0.15, 0.2) is 0 Å². The van der Waals surface area contributed by atoms with Crippen LogP contribution in [0.2, 0.25) is 5.02 Å². The number of carbonyl (C=O) groups is 1. The van der Waals surface area contributed by atoms with E-state index in [1.165, 1.54) is 6.20 Å². The summed E-state index contributed by atoms with van der Waals surface area (Å²) in [5, 5.41) is 9.44. The first-order valence-corrected chi connectivity index (χ1v) is 5.66. The third kappa shape index (κ3) is 2.67. The highest BCUT2D eigenvalue weighted by molar-refractivity contribution is 6.30. The molecule has 0 saturated heterocycles. The Balaban J connectivity index is 2.27. The number of aliphatic carboxylic acids is 1. The molecule has 5 heteroatoms. The molecule has 1 aromatic carbocycles. The second kappa shape index (κ2) is 5.16. The van der Waals surface area contributed by atoms with Crippen molar-refractivity contribution in [2.75, 3.05) is 0 Å². The molecule has 0 unspecified atom stereocenters. The molecule has 18 heavy (non-hydrogen) atoms. The molecule has 0 radical (unpaired) electrons. The van der Waals surface area contributed by atoms with Crippen molar-refractivity contribution in [2.45, 2.75) is 6.04 Å². The number of hydrogen-bond acceptors (Lipinski definition) is 3. The number of carboxylic acids is 1. The molecule has 0 aliphatic carbocycles. The number of benzene rings is 1. The molecule has 0 fully saturated rings. The van der Waals surface area contributed by atoms with Gasteiger partial charge in [-0.2, -0.15) is 0 Å². The number of halogens is 1. The monoisotopic (exact) mass is 262 g/mol. The van der Waals surface area contributed by atoms with E-state index < -0.39 is 12.0 Å². The van der Waals surface area contributed by atoms with E-state index in [0.717, 1.165) is 11.3 Å². The molecule has 1 aromatic heterocycles. The number of aromatic nitrogens is 1. The van der Waals surface area contributed by atoms with Crippen molar-refractivity contribution in [1.29, 1.82) is 0 Å². The summed E-state index contributed by atoms with van der Waals surface area (Å²) in [5.74, 6) is -1.07. The molecule has 0 spiro atoms. The summed E-state index contributed by atoms with van der Waals surface area (Å²) < 4.78 is 0. The first-order chi connectivity index (χ1) is 8.58. The predicted octanol–water partition coefficient (Wildman–Crippen LogP) is 2.49. The number of nitrogens with zero attached hydrogens (tertiary/aromatic N) is 1. The van der Waals surface area contributed by atoms with Gasteiger partial charge in [-0.1, -0.05) is 29.8 Å². The van der Waals surface area contributed by atoms with E-state index in [2.05, 4.69) is 4.98 Å². The number of hydrogen-bond donors (Lipinski definition) is 2. The molecule has 0 bridgehead atoms. The highest BCUT2D eigenvalue weighted by Gasteiger charge is 2.14. The Kier molecular flexibility index (Phi) is 3.60. The van der Waals surface area contributed by atoms with Crippen molar-refractivity contribution in [3.05, 3.63) is 53.2 Å². The second-order valence-corrected chi connectivity index (χ2v) is 4.24. The van der Waals surface area contributed by atoms with Gasteiger partial charge in [0.2, 0.25) is 0 Å². The summed E-state index contributed by atoms with van der Waals surface area (Å²) in [6.07, 6.45) is 1.47. The minimum Gasteiger partial charge on any atom is -0.480 e. The van der Waals surface area contributed by atoms with Crippen molar-refractivity contribution in [3.8, 4) is 11.3 Å². The van der Waals surface area contributed by atoms with Gasteiger partial charge in [-0.05, 0) is 23.8 Å².